The standard InChI is InChI=1S/C17H15NO/c1-12-6-7-13-8-9-19-17(16(13)10-12)15-5-3-2-4-14(15)11-18-17/h2-10,18H,11H2,1H3. The second-order valence-electron chi connectivity index (χ2n) is 5.20. The molecule has 1 N–H and O–H groups in total. The summed E-state index contributed by atoms with van der Waals surface area (Å²) in [5.74, 6) is 0. The molecular formula is C17H15NO. The van der Waals surface area contributed by atoms with E-state index < -0.39 is 5.72 Å². The number of ether oxygens (including phenoxy) is 1. The van der Waals surface area contributed by atoms with Gasteiger partial charge in [0.15, 0.2) is 0 Å². The predicted molar refractivity (Wildman–Crippen MR) is 75.4 cm³/mol. The summed E-state index contributed by atoms with van der Waals surface area (Å²) >= 11 is 0. The van der Waals surface area contributed by atoms with Gasteiger partial charge in [0.2, 0.25) is 5.72 Å². The fraction of sp³-hybridized carbons (Fsp3) is 0.176. The molecule has 0 radical (unpaired) electrons. The summed E-state index contributed by atoms with van der Waals surface area (Å²) in [5.41, 5.74) is 5.72. The summed E-state index contributed by atoms with van der Waals surface area (Å²) < 4.78 is 6.04. The minimum atomic E-state index is -0.507. The van der Waals surface area contributed by atoms with Crippen LogP contribution in [-0.4, -0.2) is 0 Å². The summed E-state index contributed by atoms with van der Waals surface area (Å²) in [5, 5.41) is 3.55. The quantitative estimate of drug-likeness (QED) is 0.773. The molecule has 2 aromatic carbocycles. The second kappa shape index (κ2) is 3.72. The van der Waals surface area contributed by atoms with E-state index in [2.05, 4.69) is 54.7 Å². The third-order valence-electron chi connectivity index (χ3n) is 4.00. The molecule has 1 atom stereocenters. The molecule has 0 bridgehead atoms. The van der Waals surface area contributed by atoms with Crippen molar-refractivity contribution >= 4 is 6.08 Å². The molecule has 1 unspecified atom stereocenters. The lowest BCUT2D eigenvalue weighted by Gasteiger charge is -2.34. The smallest absolute Gasteiger partial charge is 0.213 e. The van der Waals surface area contributed by atoms with E-state index in [0.717, 1.165) is 6.54 Å². The van der Waals surface area contributed by atoms with Crippen molar-refractivity contribution in [2.75, 3.05) is 0 Å². The van der Waals surface area contributed by atoms with Crippen LogP contribution in [-0.2, 0) is 17.0 Å². The number of hydrogen-bond donors (Lipinski definition) is 1. The third-order valence-corrected chi connectivity index (χ3v) is 4.00. The first-order chi connectivity index (χ1) is 9.29. The van der Waals surface area contributed by atoms with Crippen molar-refractivity contribution in [1.82, 2.24) is 5.32 Å². The van der Waals surface area contributed by atoms with E-state index in [1.54, 1.807) is 6.26 Å². The molecule has 2 heterocycles. The van der Waals surface area contributed by atoms with Gasteiger partial charge < -0.3 is 4.74 Å². The van der Waals surface area contributed by atoms with E-state index in [0.29, 0.717) is 0 Å². The van der Waals surface area contributed by atoms with Gasteiger partial charge in [0.25, 0.3) is 0 Å². The van der Waals surface area contributed by atoms with Gasteiger partial charge in [-0.15, -0.1) is 0 Å². The van der Waals surface area contributed by atoms with Crippen molar-refractivity contribution in [3.05, 3.63) is 76.5 Å². The lowest BCUT2D eigenvalue weighted by molar-refractivity contribution is 0.0317. The molecule has 2 aliphatic heterocycles. The molecule has 0 aliphatic carbocycles. The average Bonchev–Trinajstić information content (AvgIpc) is 2.80. The second-order valence-corrected chi connectivity index (χ2v) is 5.20. The number of nitrogens with one attached hydrogen (secondary N) is 1. The van der Waals surface area contributed by atoms with Crippen molar-refractivity contribution in [3.63, 3.8) is 0 Å². The Morgan fingerprint density at radius 2 is 2.00 bits per heavy atom. The van der Waals surface area contributed by atoms with Crippen LogP contribution >= 0.6 is 0 Å². The molecule has 0 fully saturated rings. The van der Waals surface area contributed by atoms with E-state index in [1.807, 2.05) is 6.08 Å². The molecule has 1 spiro atoms. The van der Waals surface area contributed by atoms with Crippen LogP contribution in [0.3, 0.4) is 0 Å². The summed E-state index contributed by atoms with van der Waals surface area (Å²) in [6.07, 6.45) is 3.83. The molecule has 0 aromatic heterocycles. The van der Waals surface area contributed by atoms with Gasteiger partial charge in [0, 0.05) is 17.7 Å². The van der Waals surface area contributed by atoms with Crippen molar-refractivity contribution in [2.45, 2.75) is 19.2 Å². The number of rotatable bonds is 0. The Morgan fingerprint density at radius 1 is 1.11 bits per heavy atom. The summed E-state index contributed by atoms with van der Waals surface area (Å²) in [7, 11) is 0. The largest absolute Gasteiger partial charge is 0.472 e. The Hall–Kier alpha value is -2.06. The molecule has 2 heteroatoms. The van der Waals surface area contributed by atoms with E-state index >= 15 is 0 Å². The Bertz CT molecular complexity index is 689. The summed E-state index contributed by atoms with van der Waals surface area (Å²) in [6.45, 7) is 2.96. The van der Waals surface area contributed by atoms with Gasteiger partial charge in [-0.2, -0.15) is 0 Å². The first kappa shape index (κ1) is 10.8. The average molecular weight is 249 g/mol. The number of hydrogen-bond acceptors (Lipinski definition) is 2. The highest BCUT2D eigenvalue weighted by atomic mass is 16.5. The van der Waals surface area contributed by atoms with Gasteiger partial charge in [-0.3, -0.25) is 5.32 Å². The van der Waals surface area contributed by atoms with Crippen molar-refractivity contribution < 1.29 is 4.74 Å². The predicted octanol–water partition coefficient (Wildman–Crippen LogP) is 3.30. The Morgan fingerprint density at radius 3 is 2.95 bits per heavy atom. The first-order valence-corrected chi connectivity index (χ1v) is 6.58. The molecule has 2 aliphatic rings. The minimum Gasteiger partial charge on any atom is -0.472 e. The van der Waals surface area contributed by atoms with E-state index in [9.17, 15) is 0 Å². The molecule has 2 nitrogen and oxygen atoms in total. The highest BCUT2D eigenvalue weighted by molar-refractivity contribution is 5.61. The van der Waals surface area contributed by atoms with E-state index in [1.165, 1.54) is 27.8 Å². The maximum Gasteiger partial charge on any atom is 0.213 e. The molecule has 0 saturated heterocycles. The molecule has 4 rings (SSSR count). The van der Waals surface area contributed by atoms with Crippen molar-refractivity contribution in [3.8, 4) is 0 Å². The molecule has 2 aromatic rings. The van der Waals surface area contributed by atoms with Crippen LogP contribution in [0.25, 0.3) is 6.08 Å². The van der Waals surface area contributed by atoms with Crippen molar-refractivity contribution in [1.29, 1.82) is 0 Å². The van der Waals surface area contributed by atoms with Gasteiger partial charge in [0.1, 0.15) is 0 Å². The lowest BCUT2D eigenvalue weighted by Crippen LogP contribution is -2.41. The van der Waals surface area contributed by atoms with Gasteiger partial charge in [0.05, 0.1) is 6.26 Å². The zero-order chi connectivity index (χ0) is 12.9. The van der Waals surface area contributed by atoms with Crippen LogP contribution in [0.4, 0.5) is 0 Å². The SMILES string of the molecule is Cc1ccc2c(c1)C1(NCc3ccccc31)OC=C2. The van der Waals surface area contributed by atoms with Crippen LogP contribution in [0.5, 0.6) is 0 Å². The van der Waals surface area contributed by atoms with Gasteiger partial charge >= 0.3 is 0 Å². The van der Waals surface area contributed by atoms with Crippen LogP contribution in [0.2, 0.25) is 0 Å². The topological polar surface area (TPSA) is 21.3 Å². The van der Waals surface area contributed by atoms with E-state index in [4.69, 9.17) is 4.74 Å². The van der Waals surface area contributed by atoms with Crippen LogP contribution in [0, 0.1) is 6.92 Å². The van der Waals surface area contributed by atoms with Crippen LogP contribution in [0.15, 0.2) is 48.7 Å². The Labute approximate surface area is 112 Å². The van der Waals surface area contributed by atoms with Crippen LogP contribution < -0.4 is 5.32 Å². The maximum absolute atomic E-state index is 6.04. The molecular weight excluding hydrogens is 234 g/mol. The fourth-order valence-electron chi connectivity index (χ4n) is 3.07. The van der Waals surface area contributed by atoms with Gasteiger partial charge in [-0.25, -0.2) is 0 Å². The summed E-state index contributed by atoms with van der Waals surface area (Å²) in [6, 6.07) is 15.0. The number of fused-ring (bicyclic) bond motifs is 4. The Balaban J connectivity index is 2.00. The van der Waals surface area contributed by atoms with Crippen molar-refractivity contribution in [2.24, 2.45) is 0 Å². The summed E-state index contributed by atoms with van der Waals surface area (Å²) in [4.78, 5) is 0. The zero-order valence-electron chi connectivity index (χ0n) is 10.8. The van der Waals surface area contributed by atoms with Gasteiger partial charge in [-0.1, -0.05) is 42.0 Å². The fourth-order valence-corrected chi connectivity index (χ4v) is 3.07. The highest BCUT2D eigenvalue weighted by Gasteiger charge is 2.44. The third kappa shape index (κ3) is 1.41. The maximum atomic E-state index is 6.04. The number of aryl methyl sites for hydroxylation is 1. The molecule has 0 saturated carbocycles. The Kier molecular flexibility index (Phi) is 2.12. The zero-order valence-corrected chi connectivity index (χ0v) is 10.8. The normalized spacial score (nSPS) is 23.0. The minimum absolute atomic E-state index is 0.507. The number of benzene rings is 2. The molecule has 94 valence electrons. The van der Waals surface area contributed by atoms with Gasteiger partial charge in [-0.05, 0) is 30.2 Å². The first-order valence-electron chi connectivity index (χ1n) is 6.58. The molecule has 19 heavy (non-hydrogen) atoms. The van der Waals surface area contributed by atoms with E-state index in [-0.39, 0.29) is 0 Å². The lowest BCUT2D eigenvalue weighted by atomic mass is 9.88. The van der Waals surface area contributed by atoms with Crippen LogP contribution in [0.1, 0.15) is 27.8 Å². The monoisotopic (exact) mass is 249 g/mol. The highest BCUT2D eigenvalue weighted by Crippen LogP contribution is 2.42. The molecule has 0 amide bonds.